The van der Waals surface area contributed by atoms with Crippen LogP contribution in [0.3, 0.4) is 0 Å². The third-order valence-electron chi connectivity index (χ3n) is 4.06. The van der Waals surface area contributed by atoms with Crippen LogP contribution >= 0.6 is 11.3 Å². The van der Waals surface area contributed by atoms with Crippen LogP contribution in [0.1, 0.15) is 29.7 Å². The first-order chi connectivity index (χ1) is 11.3. The first-order valence-electron chi connectivity index (χ1n) is 7.69. The summed E-state index contributed by atoms with van der Waals surface area (Å²) in [5, 5.41) is 1.03. The molecule has 0 N–H and O–H groups in total. The van der Waals surface area contributed by atoms with Crippen LogP contribution in [0.25, 0.3) is 16.3 Å². The molecule has 1 amide bonds. The van der Waals surface area contributed by atoms with Crippen LogP contribution in [0.5, 0.6) is 0 Å². The monoisotopic (exact) mass is 324 g/mol. The van der Waals surface area contributed by atoms with Crippen molar-refractivity contribution in [1.82, 2.24) is 9.88 Å². The Morgan fingerprint density at radius 1 is 1.30 bits per heavy atom. The van der Waals surface area contributed by atoms with Gasteiger partial charge in [0.2, 0.25) is 5.91 Å². The van der Waals surface area contributed by atoms with Crippen molar-refractivity contribution in [2.24, 2.45) is 0 Å². The first-order valence-corrected chi connectivity index (χ1v) is 8.50. The second kappa shape index (κ2) is 6.01. The number of thiazole rings is 1. The minimum absolute atomic E-state index is 0.0168. The number of amides is 1. The zero-order chi connectivity index (χ0) is 15.6. The average Bonchev–Trinajstić information content (AvgIpc) is 3.31. The van der Waals surface area contributed by atoms with Gasteiger partial charge >= 0.3 is 0 Å². The van der Waals surface area contributed by atoms with E-state index in [1.807, 2.05) is 35.2 Å². The highest BCUT2D eigenvalue weighted by Gasteiger charge is 2.31. The molecule has 1 aliphatic heterocycles. The number of carbonyl (C=O) groups is 1. The second-order valence-electron chi connectivity index (χ2n) is 5.56. The van der Waals surface area contributed by atoms with Gasteiger partial charge in [0.15, 0.2) is 0 Å². The van der Waals surface area contributed by atoms with Gasteiger partial charge in [-0.3, -0.25) is 4.79 Å². The molecule has 4 rings (SSSR count). The van der Waals surface area contributed by atoms with E-state index < -0.39 is 0 Å². The number of hydrogen-bond acceptors (Lipinski definition) is 4. The van der Waals surface area contributed by atoms with Crippen molar-refractivity contribution in [1.29, 1.82) is 0 Å². The summed E-state index contributed by atoms with van der Waals surface area (Å²) in [4.78, 5) is 19.1. The van der Waals surface area contributed by atoms with E-state index in [4.69, 9.17) is 9.40 Å². The topological polar surface area (TPSA) is 46.3 Å². The normalized spacial score (nSPS) is 18.3. The van der Waals surface area contributed by atoms with Gasteiger partial charge in [-0.15, -0.1) is 11.3 Å². The van der Waals surface area contributed by atoms with Gasteiger partial charge in [0, 0.05) is 12.6 Å². The molecule has 1 fully saturated rings. The summed E-state index contributed by atoms with van der Waals surface area (Å²) < 4.78 is 6.40. The van der Waals surface area contributed by atoms with Crippen LogP contribution in [0.15, 0.2) is 53.2 Å². The molecule has 5 heteroatoms. The summed E-state index contributed by atoms with van der Waals surface area (Å²) in [6, 6.07) is 11.8. The molecule has 23 heavy (non-hydrogen) atoms. The van der Waals surface area contributed by atoms with E-state index in [-0.39, 0.29) is 11.9 Å². The number of para-hydroxylation sites is 1. The van der Waals surface area contributed by atoms with Gasteiger partial charge in [0.25, 0.3) is 0 Å². The molecule has 1 saturated heterocycles. The number of benzene rings is 1. The second-order valence-corrected chi connectivity index (χ2v) is 6.62. The SMILES string of the molecule is O=C(/C=C/c1ccco1)N1CCC[C@H]1c1nc2ccccc2s1. The van der Waals surface area contributed by atoms with Crippen molar-refractivity contribution in [3.05, 3.63) is 59.5 Å². The molecule has 1 aromatic carbocycles. The summed E-state index contributed by atoms with van der Waals surface area (Å²) in [7, 11) is 0. The van der Waals surface area contributed by atoms with Gasteiger partial charge in [-0.05, 0) is 43.2 Å². The number of furan rings is 1. The molecule has 116 valence electrons. The lowest BCUT2D eigenvalue weighted by molar-refractivity contribution is -0.126. The smallest absolute Gasteiger partial charge is 0.247 e. The Kier molecular flexibility index (Phi) is 3.71. The Hall–Kier alpha value is -2.40. The molecule has 0 radical (unpaired) electrons. The fraction of sp³-hybridized carbons (Fsp3) is 0.222. The molecule has 0 unspecified atom stereocenters. The van der Waals surface area contributed by atoms with Gasteiger partial charge in [0.05, 0.1) is 22.5 Å². The van der Waals surface area contributed by atoms with Crippen LogP contribution in [0.4, 0.5) is 0 Å². The molecule has 0 spiro atoms. The van der Waals surface area contributed by atoms with E-state index in [0.717, 1.165) is 29.9 Å². The van der Waals surface area contributed by atoms with Gasteiger partial charge in [0.1, 0.15) is 10.8 Å². The number of rotatable bonds is 3. The highest BCUT2D eigenvalue weighted by molar-refractivity contribution is 7.18. The highest BCUT2D eigenvalue weighted by atomic mass is 32.1. The highest BCUT2D eigenvalue weighted by Crippen LogP contribution is 2.36. The van der Waals surface area contributed by atoms with Gasteiger partial charge in [-0.1, -0.05) is 12.1 Å². The lowest BCUT2D eigenvalue weighted by atomic mass is 10.2. The predicted molar refractivity (Wildman–Crippen MR) is 91.1 cm³/mol. The summed E-state index contributed by atoms with van der Waals surface area (Å²) in [5.74, 6) is 0.706. The van der Waals surface area contributed by atoms with E-state index in [1.54, 1.807) is 29.8 Å². The molecule has 1 atom stereocenters. The average molecular weight is 324 g/mol. The maximum absolute atomic E-state index is 12.5. The van der Waals surface area contributed by atoms with Crippen LogP contribution < -0.4 is 0 Å². The van der Waals surface area contributed by atoms with Crippen molar-refractivity contribution in [3.63, 3.8) is 0 Å². The standard InChI is InChI=1S/C18H16N2O2S/c21-17(10-9-13-5-4-12-22-13)20-11-3-7-15(20)18-19-14-6-1-2-8-16(14)23-18/h1-2,4-6,8-10,12,15H,3,7,11H2/b10-9+/t15-/m0/s1. The largest absolute Gasteiger partial charge is 0.465 e. The lowest BCUT2D eigenvalue weighted by Crippen LogP contribution is -2.28. The van der Waals surface area contributed by atoms with Gasteiger partial charge in [-0.25, -0.2) is 4.98 Å². The number of likely N-dealkylation sites (tertiary alicyclic amines) is 1. The van der Waals surface area contributed by atoms with Crippen molar-refractivity contribution in [3.8, 4) is 0 Å². The van der Waals surface area contributed by atoms with Crippen LogP contribution in [0, 0.1) is 0 Å². The Morgan fingerprint density at radius 3 is 3.04 bits per heavy atom. The zero-order valence-electron chi connectivity index (χ0n) is 12.5. The van der Waals surface area contributed by atoms with Crippen molar-refractivity contribution < 1.29 is 9.21 Å². The number of nitrogens with zero attached hydrogens (tertiary/aromatic N) is 2. The van der Waals surface area contributed by atoms with E-state index in [2.05, 4.69) is 6.07 Å². The first kappa shape index (κ1) is 14.2. The number of fused-ring (bicyclic) bond motifs is 1. The summed E-state index contributed by atoms with van der Waals surface area (Å²) in [5.41, 5.74) is 1.01. The Morgan fingerprint density at radius 2 is 2.22 bits per heavy atom. The Bertz CT molecular complexity index is 818. The molecule has 3 aromatic rings. The third kappa shape index (κ3) is 2.80. The minimum Gasteiger partial charge on any atom is -0.465 e. The Labute approximate surface area is 138 Å². The van der Waals surface area contributed by atoms with Crippen molar-refractivity contribution >= 4 is 33.5 Å². The van der Waals surface area contributed by atoms with E-state index in [1.165, 1.54) is 4.70 Å². The minimum atomic E-state index is 0.0168. The van der Waals surface area contributed by atoms with Crippen molar-refractivity contribution in [2.45, 2.75) is 18.9 Å². The fourth-order valence-electron chi connectivity index (χ4n) is 2.96. The number of hydrogen-bond donors (Lipinski definition) is 0. The van der Waals surface area contributed by atoms with Crippen molar-refractivity contribution in [2.75, 3.05) is 6.54 Å². The van der Waals surface area contributed by atoms with E-state index in [9.17, 15) is 4.79 Å². The number of carbonyl (C=O) groups excluding carboxylic acids is 1. The quantitative estimate of drug-likeness (QED) is 0.676. The summed E-state index contributed by atoms with van der Waals surface area (Å²) >= 11 is 1.68. The maximum atomic E-state index is 12.5. The van der Waals surface area contributed by atoms with Crippen LogP contribution in [0.2, 0.25) is 0 Å². The summed E-state index contributed by atoms with van der Waals surface area (Å²) in [6.45, 7) is 0.780. The maximum Gasteiger partial charge on any atom is 0.247 e. The molecule has 0 saturated carbocycles. The molecule has 0 aliphatic carbocycles. The van der Waals surface area contributed by atoms with Crippen LogP contribution in [-0.4, -0.2) is 22.3 Å². The lowest BCUT2D eigenvalue weighted by Gasteiger charge is -2.21. The summed E-state index contributed by atoms with van der Waals surface area (Å²) in [6.07, 6.45) is 6.89. The molecular formula is C18H16N2O2S. The molecule has 4 nitrogen and oxygen atoms in total. The fourth-order valence-corrected chi connectivity index (χ4v) is 4.07. The van der Waals surface area contributed by atoms with E-state index >= 15 is 0 Å². The molecule has 1 aliphatic rings. The Balaban J connectivity index is 1.57. The number of aromatic nitrogens is 1. The zero-order valence-corrected chi connectivity index (χ0v) is 13.3. The molecular weight excluding hydrogens is 308 g/mol. The molecule has 2 aromatic heterocycles. The predicted octanol–water partition coefficient (Wildman–Crippen LogP) is 4.27. The van der Waals surface area contributed by atoms with Gasteiger partial charge in [-0.2, -0.15) is 0 Å². The van der Waals surface area contributed by atoms with Gasteiger partial charge < -0.3 is 9.32 Å². The molecule has 3 heterocycles. The molecule has 0 bridgehead atoms. The van der Waals surface area contributed by atoms with Crippen LogP contribution in [-0.2, 0) is 4.79 Å². The third-order valence-corrected chi connectivity index (χ3v) is 5.20. The van der Waals surface area contributed by atoms with E-state index in [0.29, 0.717) is 5.76 Å².